The third-order valence-corrected chi connectivity index (χ3v) is 6.43. The molecule has 2 aromatic rings. The van der Waals surface area contributed by atoms with Crippen molar-refractivity contribution in [1.82, 2.24) is 29.4 Å². The average Bonchev–Trinajstić information content (AvgIpc) is 3.09. The number of aryl methyl sites for hydroxylation is 1. The van der Waals surface area contributed by atoms with Crippen LogP contribution in [0.2, 0.25) is 0 Å². The fraction of sp³-hybridized carbons (Fsp3) is 0.562. The van der Waals surface area contributed by atoms with Gasteiger partial charge in [0.25, 0.3) is 0 Å². The van der Waals surface area contributed by atoms with Crippen molar-refractivity contribution in [1.29, 1.82) is 0 Å². The largest absolute Gasteiger partial charge is 0.416 e. The summed E-state index contributed by atoms with van der Waals surface area (Å²) in [7, 11) is -3.99. The van der Waals surface area contributed by atoms with Crippen LogP contribution in [-0.2, 0) is 29.3 Å². The van der Waals surface area contributed by atoms with Crippen LogP contribution in [-0.4, -0.2) is 64.0 Å². The summed E-state index contributed by atoms with van der Waals surface area (Å²) in [6, 6.07) is 3.84. The molecule has 1 aromatic carbocycles. The number of rotatable bonds is 6. The summed E-state index contributed by atoms with van der Waals surface area (Å²) < 4.78 is 67.0. The van der Waals surface area contributed by atoms with Gasteiger partial charge in [0.1, 0.15) is 0 Å². The van der Waals surface area contributed by atoms with Crippen LogP contribution >= 0.6 is 0 Å². The van der Waals surface area contributed by atoms with Crippen molar-refractivity contribution < 1.29 is 21.6 Å². The van der Waals surface area contributed by atoms with Crippen molar-refractivity contribution in [2.75, 3.05) is 26.2 Å². The highest BCUT2D eigenvalue weighted by atomic mass is 32.2. The Morgan fingerprint density at radius 2 is 1.86 bits per heavy atom. The van der Waals surface area contributed by atoms with Crippen LogP contribution in [0.3, 0.4) is 0 Å². The number of alkyl halides is 3. The summed E-state index contributed by atoms with van der Waals surface area (Å²) in [6.07, 6.45) is -3.70. The smallest absolute Gasteiger partial charge is 0.293 e. The number of hydrogen-bond donors (Lipinski definition) is 0. The summed E-state index contributed by atoms with van der Waals surface area (Å²) in [4.78, 5) is 1.68. The Balaban J connectivity index is 1.66. The van der Waals surface area contributed by atoms with E-state index in [1.165, 1.54) is 10.4 Å². The minimum absolute atomic E-state index is 0.188. The zero-order chi connectivity index (χ0) is 20.4. The first-order valence-electron chi connectivity index (χ1n) is 8.86. The molecule has 1 saturated heterocycles. The number of piperazine rings is 1. The fourth-order valence-electron chi connectivity index (χ4n) is 3.03. The molecule has 0 aliphatic carbocycles. The van der Waals surface area contributed by atoms with Gasteiger partial charge in [0.2, 0.25) is 10.0 Å². The topological polar surface area (TPSA) is 84.2 Å². The predicted molar refractivity (Wildman–Crippen MR) is 93.6 cm³/mol. The zero-order valence-electron chi connectivity index (χ0n) is 15.3. The predicted octanol–water partition coefficient (Wildman–Crippen LogP) is 1.61. The normalized spacial score (nSPS) is 17.1. The van der Waals surface area contributed by atoms with Crippen LogP contribution in [0.25, 0.3) is 0 Å². The fourth-order valence-corrected chi connectivity index (χ4v) is 4.50. The Morgan fingerprint density at radius 3 is 2.50 bits per heavy atom. The Hall–Kier alpha value is -2.05. The molecule has 0 unspecified atom stereocenters. The molecule has 0 spiro atoms. The molecular formula is C16H21F3N6O2S. The van der Waals surface area contributed by atoms with Gasteiger partial charge in [0, 0.05) is 32.7 Å². The summed E-state index contributed by atoms with van der Waals surface area (Å²) in [5, 5.41) is 11.6. The monoisotopic (exact) mass is 418 g/mol. The van der Waals surface area contributed by atoms with E-state index in [0.717, 1.165) is 18.6 Å². The quantitative estimate of drug-likeness (QED) is 0.709. The molecule has 154 valence electrons. The molecule has 0 bridgehead atoms. The van der Waals surface area contributed by atoms with Crippen LogP contribution in [0.4, 0.5) is 13.2 Å². The third-order valence-electron chi connectivity index (χ3n) is 4.54. The number of aromatic nitrogens is 4. The maximum Gasteiger partial charge on any atom is 0.416 e. The average molecular weight is 418 g/mol. The first-order chi connectivity index (χ1) is 13.2. The van der Waals surface area contributed by atoms with E-state index in [1.54, 1.807) is 4.68 Å². The Morgan fingerprint density at radius 1 is 1.14 bits per heavy atom. The first-order valence-corrected chi connectivity index (χ1v) is 10.3. The van der Waals surface area contributed by atoms with Crippen molar-refractivity contribution >= 4 is 10.0 Å². The lowest BCUT2D eigenvalue weighted by Gasteiger charge is -2.33. The van der Waals surface area contributed by atoms with E-state index in [4.69, 9.17) is 0 Å². The summed E-state index contributed by atoms with van der Waals surface area (Å²) in [5.74, 6) is 0.705. The highest BCUT2D eigenvalue weighted by molar-refractivity contribution is 7.89. The second-order valence-corrected chi connectivity index (χ2v) is 8.46. The van der Waals surface area contributed by atoms with Crippen molar-refractivity contribution in [3.05, 3.63) is 35.7 Å². The molecule has 1 fully saturated rings. The Bertz CT molecular complexity index is 907. The molecule has 0 saturated carbocycles. The molecular weight excluding hydrogens is 397 g/mol. The number of nitrogens with zero attached hydrogens (tertiary/aromatic N) is 6. The molecule has 28 heavy (non-hydrogen) atoms. The van der Waals surface area contributed by atoms with E-state index >= 15 is 0 Å². The lowest BCUT2D eigenvalue weighted by Crippen LogP contribution is -2.48. The van der Waals surface area contributed by atoms with Gasteiger partial charge in [-0.15, -0.1) is 5.10 Å². The minimum Gasteiger partial charge on any atom is -0.293 e. The maximum absolute atomic E-state index is 12.9. The molecule has 0 atom stereocenters. The standard InChI is InChI=1S/C16H21F3N6O2S/c1-2-6-25-15(20-21-22-25)12-23-7-9-24(10-8-23)28(26,27)14-5-3-4-13(11-14)16(17,18)19/h3-5,11H,2,6-10,12H2,1H3. The number of hydrogen-bond acceptors (Lipinski definition) is 6. The highest BCUT2D eigenvalue weighted by Gasteiger charge is 2.34. The van der Waals surface area contributed by atoms with Gasteiger partial charge in [-0.05, 0) is 35.0 Å². The molecule has 3 rings (SSSR count). The summed E-state index contributed by atoms with van der Waals surface area (Å²) in [5.41, 5.74) is -0.977. The van der Waals surface area contributed by atoms with Gasteiger partial charge in [0.05, 0.1) is 17.0 Å². The molecule has 0 N–H and O–H groups in total. The SMILES string of the molecule is CCCn1nnnc1CN1CCN(S(=O)(=O)c2cccc(C(F)(F)F)c2)CC1. The van der Waals surface area contributed by atoms with Gasteiger partial charge in [-0.1, -0.05) is 13.0 Å². The Labute approximate surface area is 161 Å². The van der Waals surface area contributed by atoms with E-state index in [-0.39, 0.29) is 18.0 Å². The van der Waals surface area contributed by atoms with Gasteiger partial charge in [-0.2, -0.15) is 17.5 Å². The third kappa shape index (κ3) is 4.50. The van der Waals surface area contributed by atoms with Crippen LogP contribution in [0.5, 0.6) is 0 Å². The Kier molecular flexibility index (Phi) is 6.01. The van der Waals surface area contributed by atoms with Gasteiger partial charge in [-0.25, -0.2) is 13.1 Å². The lowest BCUT2D eigenvalue weighted by molar-refractivity contribution is -0.137. The van der Waals surface area contributed by atoms with Gasteiger partial charge >= 0.3 is 6.18 Å². The molecule has 1 aromatic heterocycles. The van der Waals surface area contributed by atoms with Crippen LogP contribution in [0.1, 0.15) is 24.7 Å². The van der Waals surface area contributed by atoms with E-state index < -0.39 is 21.8 Å². The second-order valence-electron chi connectivity index (χ2n) is 6.52. The van der Waals surface area contributed by atoms with Crippen LogP contribution in [0.15, 0.2) is 29.2 Å². The van der Waals surface area contributed by atoms with E-state index in [9.17, 15) is 21.6 Å². The molecule has 0 amide bonds. The molecule has 2 heterocycles. The van der Waals surface area contributed by atoms with Crippen LogP contribution < -0.4 is 0 Å². The second kappa shape index (κ2) is 8.13. The van der Waals surface area contributed by atoms with E-state index in [2.05, 4.69) is 15.5 Å². The number of tetrazole rings is 1. The summed E-state index contributed by atoms with van der Waals surface area (Å²) in [6.45, 7) is 4.47. The van der Waals surface area contributed by atoms with Crippen molar-refractivity contribution in [3.8, 4) is 0 Å². The summed E-state index contributed by atoms with van der Waals surface area (Å²) >= 11 is 0. The van der Waals surface area contributed by atoms with Gasteiger partial charge in [-0.3, -0.25) is 4.90 Å². The maximum atomic E-state index is 12.9. The van der Waals surface area contributed by atoms with Gasteiger partial charge < -0.3 is 0 Å². The number of halogens is 3. The van der Waals surface area contributed by atoms with Crippen molar-refractivity contribution in [2.45, 2.75) is 37.5 Å². The van der Waals surface area contributed by atoms with Gasteiger partial charge in [0.15, 0.2) is 5.82 Å². The van der Waals surface area contributed by atoms with E-state index in [0.29, 0.717) is 38.1 Å². The minimum atomic E-state index is -4.59. The highest BCUT2D eigenvalue weighted by Crippen LogP contribution is 2.31. The van der Waals surface area contributed by atoms with Crippen LogP contribution in [0, 0.1) is 0 Å². The zero-order valence-corrected chi connectivity index (χ0v) is 16.1. The molecule has 8 nitrogen and oxygen atoms in total. The molecule has 1 aliphatic heterocycles. The van der Waals surface area contributed by atoms with Crippen molar-refractivity contribution in [3.63, 3.8) is 0 Å². The first kappa shape index (κ1) is 20.7. The lowest BCUT2D eigenvalue weighted by atomic mass is 10.2. The molecule has 1 aliphatic rings. The molecule has 0 radical (unpaired) electrons. The van der Waals surface area contributed by atoms with Crippen molar-refractivity contribution in [2.24, 2.45) is 0 Å². The number of benzene rings is 1. The molecule has 12 heteroatoms. The van der Waals surface area contributed by atoms with E-state index in [1.807, 2.05) is 11.8 Å². The number of sulfonamides is 1.